The van der Waals surface area contributed by atoms with Crippen LogP contribution in [-0.2, 0) is 9.47 Å². The summed E-state index contributed by atoms with van der Waals surface area (Å²) >= 11 is 0. The van der Waals surface area contributed by atoms with Crippen molar-refractivity contribution in [2.24, 2.45) is 5.73 Å². The molecule has 2 aliphatic rings. The summed E-state index contributed by atoms with van der Waals surface area (Å²) in [5.74, 6) is 0.633. The van der Waals surface area contributed by atoms with Crippen LogP contribution in [0.3, 0.4) is 0 Å². The van der Waals surface area contributed by atoms with Crippen molar-refractivity contribution in [1.29, 1.82) is 5.26 Å². The molecule has 0 radical (unpaired) electrons. The number of fused-ring (bicyclic) bond motifs is 2. The summed E-state index contributed by atoms with van der Waals surface area (Å²) < 4.78 is 17.2. The lowest BCUT2D eigenvalue weighted by Crippen LogP contribution is -2.61. The largest absolute Gasteiger partial charge is 0.492 e. The fourth-order valence-corrected chi connectivity index (χ4v) is 3.93. The third-order valence-corrected chi connectivity index (χ3v) is 5.42. The van der Waals surface area contributed by atoms with Crippen LogP contribution in [0.4, 0.5) is 9.59 Å². The Hall–Kier alpha value is -3.03. The molecule has 1 aromatic rings. The second-order valence-electron chi connectivity index (χ2n) is 9.33. The van der Waals surface area contributed by atoms with Crippen LogP contribution in [0.5, 0.6) is 5.75 Å². The predicted molar refractivity (Wildman–Crippen MR) is 121 cm³/mol. The van der Waals surface area contributed by atoms with Crippen molar-refractivity contribution >= 4 is 12.1 Å². The van der Waals surface area contributed by atoms with Crippen molar-refractivity contribution in [3.05, 3.63) is 29.8 Å². The zero-order valence-corrected chi connectivity index (χ0v) is 19.5. The van der Waals surface area contributed by atoms with Gasteiger partial charge in [-0.15, -0.1) is 0 Å². The number of benzene rings is 1. The van der Waals surface area contributed by atoms with Crippen LogP contribution in [-0.4, -0.2) is 97.1 Å². The second kappa shape index (κ2) is 10.7. The average molecular weight is 460 g/mol. The summed E-state index contributed by atoms with van der Waals surface area (Å²) in [6, 6.07) is 8.37. The molecule has 10 nitrogen and oxygen atoms in total. The molecule has 0 saturated carbocycles. The maximum Gasteiger partial charge on any atom is 0.410 e. The minimum atomic E-state index is -0.529. The summed E-state index contributed by atoms with van der Waals surface area (Å²) in [6.07, 6.45) is -0.491. The first-order valence-electron chi connectivity index (χ1n) is 11.2. The highest BCUT2D eigenvalue weighted by atomic mass is 16.6. The number of hydrogen-bond acceptors (Lipinski definition) is 7. The molecule has 3 rings (SSSR count). The topological polar surface area (TPSA) is 121 Å². The van der Waals surface area contributed by atoms with Gasteiger partial charge < -0.3 is 29.7 Å². The fourth-order valence-electron chi connectivity index (χ4n) is 3.93. The number of amides is 3. The van der Waals surface area contributed by atoms with Crippen molar-refractivity contribution in [2.75, 3.05) is 52.4 Å². The number of urea groups is 1. The summed E-state index contributed by atoms with van der Waals surface area (Å²) in [7, 11) is 0. The minimum absolute atomic E-state index is 0.0910. The Labute approximate surface area is 194 Å². The number of ether oxygens (including phenoxy) is 3. The Balaban J connectivity index is 1.43. The summed E-state index contributed by atoms with van der Waals surface area (Å²) in [5.41, 5.74) is 5.59. The lowest BCUT2D eigenvalue weighted by molar-refractivity contribution is -0.136. The second-order valence-corrected chi connectivity index (χ2v) is 9.33. The molecule has 0 aliphatic carbocycles. The SMILES string of the molecule is CC(C)(C)OC(=O)N1CC2CN(CCN(CCOc3ccc(C#N)cc3)C(N)=O)CC(C1)O2. The number of nitrogens with two attached hydrogens (primary N) is 1. The van der Waals surface area contributed by atoms with Crippen LogP contribution in [0, 0.1) is 11.3 Å². The van der Waals surface area contributed by atoms with Gasteiger partial charge in [0.25, 0.3) is 0 Å². The molecule has 1 aromatic carbocycles. The molecule has 2 N–H and O–H groups in total. The Morgan fingerprint density at radius 2 is 1.79 bits per heavy atom. The first kappa shape index (κ1) is 24.6. The van der Waals surface area contributed by atoms with Crippen LogP contribution < -0.4 is 10.5 Å². The van der Waals surface area contributed by atoms with E-state index in [-0.39, 0.29) is 18.3 Å². The van der Waals surface area contributed by atoms with Gasteiger partial charge in [0, 0.05) is 26.2 Å². The molecule has 0 aromatic heterocycles. The molecule has 2 bridgehead atoms. The van der Waals surface area contributed by atoms with Gasteiger partial charge in [-0.2, -0.15) is 5.26 Å². The summed E-state index contributed by atoms with van der Waals surface area (Å²) in [5, 5.41) is 8.85. The maximum atomic E-state index is 12.4. The van der Waals surface area contributed by atoms with E-state index < -0.39 is 11.6 Å². The number of morpholine rings is 2. The number of nitrogens with zero attached hydrogens (tertiary/aromatic N) is 4. The Bertz CT molecular complexity index is 849. The van der Waals surface area contributed by atoms with Gasteiger partial charge in [0.05, 0.1) is 43.5 Å². The molecular formula is C23H33N5O5. The first-order chi connectivity index (χ1) is 15.6. The van der Waals surface area contributed by atoms with Gasteiger partial charge in [0.15, 0.2) is 0 Å². The standard InChI is InChI=1S/C23H33N5O5/c1-23(2,3)33-22(30)28-15-19-13-26(14-20(16-28)32-19)8-9-27(21(25)29)10-11-31-18-6-4-17(12-24)5-7-18/h4-7,19-20H,8-11,13-16H2,1-3H3,(H2,25,29). The Morgan fingerprint density at radius 1 is 1.15 bits per heavy atom. The quantitative estimate of drug-likeness (QED) is 0.658. The zero-order valence-electron chi connectivity index (χ0n) is 19.5. The molecular weight excluding hydrogens is 426 g/mol. The molecule has 2 saturated heterocycles. The Morgan fingerprint density at radius 3 is 2.33 bits per heavy atom. The lowest BCUT2D eigenvalue weighted by atomic mass is 10.1. The number of carbonyl (C=O) groups is 2. The van der Waals surface area contributed by atoms with Crippen molar-refractivity contribution < 1.29 is 23.8 Å². The Kier molecular flexibility index (Phi) is 8.00. The van der Waals surface area contributed by atoms with E-state index in [1.165, 1.54) is 0 Å². The maximum absolute atomic E-state index is 12.4. The van der Waals surface area contributed by atoms with Crippen LogP contribution in [0.1, 0.15) is 26.3 Å². The minimum Gasteiger partial charge on any atom is -0.492 e. The van der Waals surface area contributed by atoms with E-state index in [4.69, 9.17) is 25.2 Å². The van der Waals surface area contributed by atoms with E-state index in [2.05, 4.69) is 11.0 Å². The third-order valence-electron chi connectivity index (χ3n) is 5.42. The number of rotatable bonds is 7. The van der Waals surface area contributed by atoms with E-state index in [0.717, 1.165) is 0 Å². The van der Waals surface area contributed by atoms with Gasteiger partial charge in [0.2, 0.25) is 0 Å². The monoisotopic (exact) mass is 459 g/mol. The number of carbonyl (C=O) groups excluding carboxylic acids is 2. The van der Waals surface area contributed by atoms with Crippen LogP contribution >= 0.6 is 0 Å². The smallest absolute Gasteiger partial charge is 0.410 e. The highest BCUT2D eigenvalue weighted by Gasteiger charge is 2.38. The van der Waals surface area contributed by atoms with E-state index in [1.54, 1.807) is 34.1 Å². The van der Waals surface area contributed by atoms with Gasteiger partial charge in [-0.05, 0) is 45.0 Å². The molecule has 2 atom stereocenters. The fraction of sp³-hybridized carbons (Fsp3) is 0.609. The van der Waals surface area contributed by atoms with Gasteiger partial charge in [-0.1, -0.05) is 0 Å². The number of nitriles is 1. The van der Waals surface area contributed by atoms with E-state index in [1.807, 2.05) is 20.8 Å². The highest BCUT2D eigenvalue weighted by Crippen LogP contribution is 2.21. The molecule has 3 amide bonds. The number of primary amides is 1. The predicted octanol–water partition coefficient (Wildman–Crippen LogP) is 1.64. The first-order valence-corrected chi connectivity index (χ1v) is 11.2. The van der Waals surface area contributed by atoms with Gasteiger partial charge in [-0.3, -0.25) is 4.90 Å². The molecule has 2 unspecified atom stereocenters. The molecule has 2 fully saturated rings. The third kappa shape index (κ3) is 7.51. The van der Waals surface area contributed by atoms with Crippen LogP contribution in [0.2, 0.25) is 0 Å². The van der Waals surface area contributed by atoms with Gasteiger partial charge >= 0.3 is 12.1 Å². The molecule has 180 valence electrons. The molecule has 2 heterocycles. The van der Waals surface area contributed by atoms with Gasteiger partial charge in [-0.25, -0.2) is 9.59 Å². The molecule has 0 spiro atoms. The average Bonchev–Trinajstić information content (AvgIpc) is 2.74. The lowest BCUT2D eigenvalue weighted by Gasteiger charge is -2.46. The molecule has 10 heteroatoms. The van der Waals surface area contributed by atoms with E-state index >= 15 is 0 Å². The molecule has 2 aliphatic heterocycles. The normalized spacial score (nSPS) is 20.6. The van der Waals surface area contributed by atoms with Crippen LogP contribution in [0.25, 0.3) is 0 Å². The van der Waals surface area contributed by atoms with Crippen molar-refractivity contribution in [3.8, 4) is 11.8 Å². The summed E-state index contributed by atoms with van der Waals surface area (Å²) in [6.45, 7) is 9.67. The molecule has 33 heavy (non-hydrogen) atoms. The number of hydrogen-bond donors (Lipinski definition) is 1. The van der Waals surface area contributed by atoms with Crippen molar-refractivity contribution in [1.82, 2.24) is 14.7 Å². The van der Waals surface area contributed by atoms with E-state index in [9.17, 15) is 9.59 Å². The van der Waals surface area contributed by atoms with Crippen molar-refractivity contribution in [2.45, 2.75) is 38.6 Å². The van der Waals surface area contributed by atoms with E-state index in [0.29, 0.717) is 63.7 Å². The zero-order chi connectivity index (χ0) is 24.0. The van der Waals surface area contributed by atoms with Crippen molar-refractivity contribution in [3.63, 3.8) is 0 Å². The highest BCUT2D eigenvalue weighted by molar-refractivity contribution is 5.72. The van der Waals surface area contributed by atoms with Crippen LogP contribution in [0.15, 0.2) is 24.3 Å². The van der Waals surface area contributed by atoms with Gasteiger partial charge in [0.1, 0.15) is 18.0 Å². The summed E-state index contributed by atoms with van der Waals surface area (Å²) in [4.78, 5) is 29.8.